The van der Waals surface area contributed by atoms with Crippen LogP contribution >= 0.6 is 0 Å². The van der Waals surface area contributed by atoms with Gasteiger partial charge in [0.15, 0.2) is 5.78 Å². The molecule has 0 unspecified atom stereocenters. The fourth-order valence-corrected chi connectivity index (χ4v) is 1.16. The highest BCUT2D eigenvalue weighted by molar-refractivity contribution is 5.90. The molecule has 0 saturated heterocycles. The molecule has 0 aromatic heterocycles. The van der Waals surface area contributed by atoms with Gasteiger partial charge in [-0.25, -0.2) is 0 Å². The Labute approximate surface area is 81.5 Å². The molecule has 1 heteroatoms. The summed E-state index contributed by atoms with van der Waals surface area (Å²) >= 11 is 0. The zero-order valence-electron chi connectivity index (χ0n) is 8.81. The molecule has 0 amide bonds. The number of carbonyl (C=O) groups is 1. The zero-order valence-corrected chi connectivity index (χ0v) is 8.81. The van der Waals surface area contributed by atoms with Gasteiger partial charge in [-0.15, -0.1) is 6.58 Å². The third-order valence-electron chi connectivity index (χ3n) is 1.78. The van der Waals surface area contributed by atoms with Gasteiger partial charge in [-0.05, 0) is 39.2 Å². The fourth-order valence-electron chi connectivity index (χ4n) is 1.16. The number of ketones is 1. The average Bonchev–Trinajstić information content (AvgIpc) is 2.02. The van der Waals surface area contributed by atoms with E-state index in [-0.39, 0.29) is 5.78 Å². The van der Waals surface area contributed by atoms with E-state index >= 15 is 0 Å². The van der Waals surface area contributed by atoms with Crippen LogP contribution in [0.15, 0.2) is 24.3 Å². The summed E-state index contributed by atoms with van der Waals surface area (Å²) in [5, 5.41) is 0. The van der Waals surface area contributed by atoms with Crippen molar-refractivity contribution in [2.75, 3.05) is 0 Å². The number of unbranched alkanes of at least 4 members (excludes halogenated alkanes) is 3. The number of rotatable bonds is 7. The lowest BCUT2D eigenvalue weighted by Crippen LogP contribution is -1.93. The quantitative estimate of drug-likeness (QED) is 0.332. The van der Waals surface area contributed by atoms with Crippen molar-refractivity contribution in [2.45, 2.75) is 46.0 Å². The van der Waals surface area contributed by atoms with Gasteiger partial charge in [0.1, 0.15) is 0 Å². The van der Waals surface area contributed by atoms with Crippen LogP contribution in [0.3, 0.4) is 0 Å². The van der Waals surface area contributed by atoms with Crippen LogP contribution in [0.5, 0.6) is 0 Å². The van der Waals surface area contributed by atoms with Crippen molar-refractivity contribution in [3.05, 3.63) is 24.3 Å². The predicted octanol–water partition coefficient (Wildman–Crippen LogP) is 3.66. The molecule has 0 atom stereocenters. The lowest BCUT2D eigenvalue weighted by molar-refractivity contribution is -0.114. The van der Waals surface area contributed by atoms with Gasteiger partial charge in [-0.2, -0.15) is 0 Å². The summed E-state index contributed by atoms with van der Waals surface area (Å²) in [5.41, 5.74) is 1.09. The normalized spacial score (nSPS) is 9.38. The van der Waals surface area contributed by atoms with Crippen molar-refractivity contribution in [3.8, 4) is 0 Å². The molecule has 13 heavy (non-hydrogen) atoms. The molecule has 0 bridgehead atoms. The number of hydrogen-bond donors (Lipinski definition) is 0. The molecule has 0 aliphatic rings. The van der Waals surface area contributed by atoms with Gasteiger partial charge in [0.25, 0.3) is 0 Å². The van der Waals surface area contributed by atoms with E-state index in [9.17, 15) is 4.79 Å². The zero-order chi connectivity index (χ0) is 10.1. The molecule has 0 radical (unpaired) electrons. The smallest absolute Gasteiger partial charge is 0.155 e. The lowest BCUT2D eigenvalue weighted by Gasteiger charge is -1.96. The second-order valence-corrected chi connectivity index (χ2v) is 3.58. The third-order valence-corrected chi connectivity index (χ3v) is 1.78. The number of hydrogen-bond acceptors (Lipinski definition) is 1. The Morgan fingerprint density at radius 2 is 1.92 bits per heavy atom. The van der Waals surface area contributed by atoms with Gasteiger partial charge >= 0.3 is 0 Å². The van der Waals surface area contributed by atoms with Gasteiger partial charge in [-0.3, -0.25) is 4.79 Å². The van der Waals surface area contributed by atoms with Gasteiger partial charge in [0.2, 0.25) is 0 Å². The minimum absolute atomic E-state index is 0.263. The molecule has 0 spiro atoms. The fraction of sp³-hybridized carbons (Fsp3) is 0.583. The van der Waals surface area contributed by atoms with E-state index in [0.717, 1.165) is 31.3 Å². The topological polar surface area (TPSA) is 17.1 Å². The standard InChI is InChI=1S/C12H20O/c1-4-5-6-7-8-9-12(13)10-11(2)3/h4,10H,1,5-9H2,2-3H3. The van der Waals surface area contributed by atoms with E-state index in [1.165, 1.54) is 0 Å². The first-order valence-corrected chi connectivity index (χ1v) is 4.95. The largest absolute Gasteiger partial charge is 0.295 e. The molecule has 0 N–H and O–H groups in total. The van der Waals surface area contributed by atoms with Gasteiger partial charge in [0, 0.05) is 6.42 Å². The van der Waals surface area contributed by atoms with Crippen LogP contribution < -0.4 is 0 Å². The maximum atomic E-state index is 11.2. The first-order chi connectivity index (χ1) is 6.16. The van der Waals surface area contributed by atoms with E-state index in [1.807, 2.05) is 19.9 Å². The van der Waals surface area contributed by atoms with Crippen molar-refractivity contribution in [1.82, 2.24) is 0 Å². The minimum atomic E-state index is 0.263. The average molecular weight is 180 g/mol. The first-order valence-electron chi connectivity index (χ1n) is 4.95. The Morgan fingerprint density at radius 3 is 2.46 bits per heavy atom. The molecule has 0 aliphatic carbocycles. The Kier molecular flexibility index (Phi) is 7.27. The molecule has 1 nitrogen and oxygen atoms in total. The van der Waals surface area contributed by atoms with Gasteiger partial charge in [0.05, 0.1) is 0 Å². The maximum Gasteiger partial charge on any atom is 0.155 e. The number of allylic oxidation sites excluding steroid dienone is 3. The maximum absolute atomic E-state index is 11.2. The molecule has 0 rings (SSSR count). The van der Waals surface area contributed by atoms with E-state index in [0.29, 0.717) is 6.42 Å². The molecule has 0 aromatic rings. The van der Waals surface area contributed by atoms with Crippen LogP contribution in [0.1, 0.15) is 46.0 Å². The van der Waals surface area contributed by atoms with Crippen molar-refractivity contribution in [3.63, 3.8) is 0 Å². The Hall–Kier alpha value is -0.850. The highest BCUT2D eigenvalue weighted by Crippen LogP contribution is 2.05. The van der Waals surface area contributed by atoms with Gasteiger partial charge in [-0.1, -0.05) is 18.1 Å². The predicted molar refractivity (Wildman–Crippen MR) is 57.7 cm³/mol. The van der Waals surface area contributed by atoms with E-state index in [1.54, 1.807) is 6.08 Å². The minimum Gasteiger partial charge on any atom is -0.295 e. The molecule has 0 aromatic carbocycles. The van der Waals surface area contributed by atoms with Crippen LogP contribution in [0.25, 0.3) is 0 Å². The van der Waals surface area contributed by atoms with Crippen LogP contribution in [0, 0.1) is 0 Å². The molecule has 0 fully saturated rings. The Balaban J connectivity index is 3.37. The van der Waals surface area contributed by atoms with Crippen LogP contribution in [-0.4, -0.2) is 5.78 Å². The lowest BCUT2D eigenvalue weighted by atomic mass is 10.1. The van der Waals surface area contributed by atoms with Crippen molar-refractivity contribution < 1.29 is 4.79 Å². The summed E-state index contributed by atoms with van der Waals surface area (Å²) in [7, 11) is 0. The van der Waals surface area contributed by atoms with E-state index in [4.69, 9.17) is 0 Å². The highest BCUT2D eigenvalue weighted by atomic mass is 16.1. The van der Waals surface area contributed by atoms with E-state index < -0.39 is 0 Å². The van der Waals surface area contributed by atoms with Crippen molar-refractivity contribution in [2.24, 2.45) is 0 Å². The van der Waals surface area contributed by atoms with E-state index in [2.05, 4.69) is 6.58 Å². The van der Waals surface area contributed by atoms with Crippen LogP contribution in [0.4, 0.5) is 0 Å². The molecule has 0 heterocycles. The van der Waals surface area contributed by atoms with Crippen molar-refractivity contribution >= 4 is 5.78 Å². The summed E-state index contributed by atoms with van der Waals surface area (Å²) in [5.74, 6) is 0.263. The third kappa shape index (κ3) is 9.06. The summed E-state index contributed by atoms with van der Waals surface area (Å²) in [6.07, 6.45) is 8.72. The molecule has 0 saturated carbocycles. The summed E-state index contributed by atoms with van der Waals surface area (Å²) in [4.78, 5) is 11.2. The Bertz CT molecular complexity index is 185. The first kappa shape index (κ1) is 12.2. The SMILES string of the molecule is C=CCCCCCC(=O)C=C(C)C. The summed E-state index contributed by atoms with van der Waals surface area (Å²) < 4.78 is 0. The summed E-state index contributed by atoms with van der Waals surface area (Å²) in [6.45, 7) is 7.56. The number of carbonyl (C=O) groups excluding carboxylic acids is 1. The molecular weight excluding hydrogens is 160 g/mol. The second kappa shape index (κ2) is 7.78. The van der Waals surface area contributed by atoms with Crippen LogP contribution in [-0.2, 0) is 4.79 Å². The highest BCUT2D eigenvalue weighted by Gasteiger charge is 1.96. The van der Waals surface area contributed by atoms with Crippen LogP contribution in [0.2, 0.25) is 0 Å². The summed E-state index contributed by atoms with van der Waals surface area (Å²) in [6, 6.07) is 0. The molecule has 74 valence electrons. The molecule has 0 aliphatic heterocycles. The van der Waals surface area contributed by atoms with Gasteiger partial charge < -0.3 is 0 Å². The molecular formula is C12H20O. The second-order valence-electron chi connectivity index (χ2n) is 3.58. The Morgan fingerprint density at radius 1 is 1.23 bits per heavy atom. The monoisotopic (exact) mass is 180 g/mol. The van der Waals surface area contributed by atoms with Crippen molar-refractivity contribution in [1.29, 1.82) is 0 Å².